The quantitative estimate of drug-likeness (QED) is 0.858. The molecule has 1 saturated heterocycles. The van der Waals surface area contributed by atoms with Crippen LogP contribution in [0.2, 0.25) is 0 Å². The molecule has 1 aliphatic rings. The van der Waals surface area contributed by atoms with Crippen LogP contribution < -0.4 is 15.0 Å². The van der Waals surface area contributed by atoms with Gasteiger partial charge in [-0.1, -0.05) is 0 Å². The predicted molar refractivity (Wildman–Crippen MR) is 96.0 cm³/mol. The Morgan fingerprint density at radius 2 is 1.96 bits per heavy atom. The van der Waals surface area contributed by atoms with Crippen LogP contribution in [0.3, 0.4) is 0 Å². The van der Waals surface area contributed by atoms with Gasteiger partial charge in [-0.25, -0.2) is 0 Å². The summed E-state index contributed by atoms with van der Waals surface area (Å²) in [5.74, 6) is -1.13. The summed E-state index contributed by atoms with van der Waals surface area (Å²) in [6.45, 7) is 3.26. The number of ether oxygens (including phenoxy) is 1. The van der Waals surface area contributed by atoms with Crippen LogP contribution in [0.1, 0.15) is 0 Å². The van der Waals surface area contributed by atoms with Crippen LogP contribution in [0, 0.1) is 0 Å². The molecule has 9 heteroatoms. The number of hydrogen-bond acceptors (Lipinski definition) is 5. The van der Waals surface area contributed by atoms with E-state index < -0.39 is 12.1 Å². The van der Waals surface area contributed by atoms with Gasteiger partial charge in [0.05, 0.1) is 12.6 Å². The van der Waals surface area contributed by atoms with Crippen molar-refractivity contribution in [2.24, 2.45) is 0 Å². The number of hydrogen-bond donors (Lipinski definition) is 1. The summed E-state index contributed by atoms with van der Waals surface area (Å²) in [7, 11) is 1.62. The number of fused-ring (bicyclic) bond motifs is 1. The molecule has 0 saturated carbocycles. The van der Waals surface area contributed by atoms with Crippen molar-refractivity contribution in [3.05, 3.63) is 30.5 Å². The number of aromatic nitrogens is 1. The molecule has 1 aromatic heterocycles. The molecule has 0 radical (unpaired) electrons. The van der Waals surface area contributed by atoms with E-state index in [4.69, 9.17) is 4.74 Å². The second-order valence-corrected chi connectivity index (χ2v) is 6.30. The lowest BCUT2D eigenvalue weighted by Crippen LogP contribution is -2.49. The van der Waals surface area contributed by atoms with Crippen molar-refractivity contribution in [3.63, 3.8) is 0 Å². The Labute approximate surface area is 154 Å². The number of halogens is 3. The van der Waals surface area contributed by atoms with Crippen LogP contribution in [0.25, 0.3) is 10.9 Å². The standard InChI is InChI=1S/C18H21F3N4O2/c1-27-13-2-3-15-14(12-13)16(4-5-22-15)25-10-8-24(9-11-25)7-6-23-17(26)18(19,20)21/h2-5,12H,6-11H2,1H3,(H,23,26). The lowest BCUT2D eigenvalue weighted by molar-refractivity contribution is -0.173. The Bertz CT molecular complexity index is 805. The average molecular weight is 382 g/mol. The van der Waals surface area contributed by atoms with Crippen molar-refractivity contribution in [1.82, 2.24) is 15.2 Å². The van der Waals surface area contributed by atoms with Gasteiger partial charge in [0, 0.05) is 56.5 Å². The number of amides is 1. The molecule has 0 spiro atoms. The number of alkyl halides is 3. The maximum Gasteiger partial charge on any atom is 0.471 e. The van der Waals surface area contributed by atoms with Crippen molar-refractivity contribution in [3.8, 4) is 5.75 Å². The number of nitrogens with one attached hydrogen (secondary N) is 1. The van der Waals surface area contributed by atoms with Crippen LogP contribution in [0.5, 0.6) is 5.75 Å². The Balaban J connectivity index is 1.58. The SMILES string of the molecule is COc1ccc2nccc(N3CCN(CCNC(=O)C(F)(F)F)CC3)c2c1. The first kappa shape index (κ1) is 19.2. The molecular formula is C18H21F3N4O2. The molecular weight excluding hydrogens is 361 g/mol. The number of piperazine rings is 1. The van der Waals surface area contributed by atoms with Gasteiger partial charge in [0.25, 0.3) is 0 Å². The highest BCUT2D eigenvalue weighted by Crippen LogP contribution is 2.29. The minimum Gasteiger partial charge on any atom is -0.497 e. The van der Waals surface area contributed by atoms with Gasteiger partial charge in [-0.3, -0.25) is 14.7 Å². The Hall–Kier alpha value is -2.55. The highest BCUT2D eigenvalue weighted by atomic mass is 19.4. The van der Waals surface area contributed by atoms with E-state index in [-0.39, 0.29) is 6.54 Å². The summed E-state index contributed by atoms with van der Waals surface area (Å²) < 4.78 is 41.9. The van der Waals surface area contributed by atoms with Crippen LogP contribution in [-0.4, -0.2) is 68.3 Å². The number of nitrogens with zero attached hydrogens (tertiary/aromatic N) is 3. The molecule has 1 aromatic carbocycles. The molecule has 1 aliphatic heterocycles. The van der Waals surface area contributed by atoms with Crippen molar-refractivity contribution in [1.29, 1.82) is 0 Å². The number of anilines is 1. The number of carbonyl (C=O) groups is 1. The number of pyridine rings is 1. The Morgan fingerprint density at radius 3 is 2.63 bits per heavy atom. The molecule has 0 atom stereocenters. The third-order valence-corrected chi connectivity index (χ3v) is 4.61. The summed E-state index contributed by atoms with van der Waals surface area (Å²) in [5, 5.41) is 2.91. The molecule has 1 amide bonds. The summed E-state index contributed by atoms with van der Waals surface area (Å²) >= 11 is 0. The van der Waals surface area contributed by atoms with Crippen LogP contribution in [0.4, 0.5) is 18.9 Å². The van der Waals surface area contributed by atoms with Crippen molar-refractivity contribution < 1.29 is 22.7 Å². The number of benzene rings is 1. The van der Waals surface area contributed by atoms with Gasteiger partial charge in [-0.15, -0.1) is 0 Å². The van der Waals surface area contributed by atoms with Crippen LogP contribution in [0.15, 0.2) is 30.5 Å². The lowest BCUT2D eigenvalue weighted by Gasteiger charge is -2.36. The van der Waals surface area contributed by atoms with Crippen molar-refractivity contribution in [2.45, 2.75) is 6.18 Å². The fourth-order valence-corrected chi connectivity index (χ4v) is 3.15. The Morgan fingerprint density at radius 1 is 1.22 bits per heavy atom. The van der Waals surface area contributed by atoms with E-state index in [2.05, 4.69) is 9.88 Å². The summed E-state index contributed by atoms with van der Waals surface area (Å²) in [6.07, 6.45) is -3.06. The van der Waals surface area contributed by atoms with E-state index in [1.54, 1.807) is 13.3 Å². The fraction of sp³-hybridized carbons (Fsp3) is 0.444. The molecule has 0 unspecified atom stereocenters. The van der Waals surface area contributed by atoms with Gasteiger partial charge >= 0.3 is 12.1 Å². The van der Waals surface area contributed by atoms with E-state index in [1.807, 2.05) is 34.5 Å². The molecule has 1 fully saturated rings. The molecule has 1 N–H and O–H groups in total. The minimum atomic E-state index is -4.83. The molecule has 27 heavy (non-hydrogen) atoms. The summed E-state index contributed by atoms with van der Waals surface area (Å²) in [5.41, 5.74) is 1.94. The molecule has 146 valence electrons. The van der Waals surface area contributed by atoms with E-state index in [0.29, 0.717) is 19.6 Å². The largest absolute Gasteiger partial charge is 0.497 e. The normalized spacial score (nSPS) is 15.8. The molecule has 6 nitrogen and oxygen atoms in total. The average Bonchev–Trinajstić information content (AvgIpc) is 2.67. The highest BCUT2D eigenvalue weighted by molar-refractivity contribution is 5.92. The second kappa shape index (κ2) is 7.99. The lowest BCUT2D eigenvalue weighted by atomic mass is 10.1. The third-order valence-electron chi connectivity index (χ3n) is 4.61. The van der Waals surface area contributed by atoms with Gasteiger partial charge in [-0.2, -0.15) is 13.2 Å². The fourth-order valence-electron chi connectivity index (χ4n) is 3.15. The number of carbonyl (C=O) groups excluding carboxylic acids is 1. The van der Waals surface area contributed by atoms with E-state index >= 15 is 0 Å². The number of rotatable bonds is 5. The van der Waals surface area contributed by atoms with Crippen molar-refractivity contribution >= 4 is 22.5 Å². The van der Waals surface area contributed by atoms with Gasteiger partial charge < -0.3 is 15.0 Å². The number of methoxy groups -OCH3 is 1. The zero-order chi connectivity index (χ0) is 19.4. The highest BCUT2D eigenvalue weighted by Gasteiger charge is 2.38. The minimum absolute atomic E-state index is 0.0201. The molecule has 0 aliphatic carbocycles. The van der Waals surface area contributed by atoms with E-state index in [0.717, 1.165) is 35.4 Å². The van der Waals surface area contributed by atoms with Gasteiger partial charge in [0.2, 0.25) is 0 Å². The molecule has 2 aromatic rings. The zero-order valence-electron chi connectivity index (χ0n) is 14.9. The first-order valence-corrected chi connectivity index (χ1v) is 8.63. The summed E-state index contributed by atoms with van der Waals surface area (Å²) in [6, 6.07) is 7.70. The monoisotopic (exact) mass is 382 g/mol. The predicted octanol–water partition coefficient (Wildman–Crippen LogP) is 2.04. The van der Waals surface area contributed by atoms with E-state index in [9.17, 15) is 18.0 Å². The van der Waals surface area contributed by atoms with E-state index in [1.165, 1.54) is 0 Å². The first-order chi connectivity index (χ1) is 12.9. The smallest absolute Gasteiger partial charge is 0.471 e. The summed E-state index contributed by atoms with van der Waals surface area (Å²) in [4.78, 5) is 19.5. The molecule has 0 bridgehead atoms. The molecule has 3 rings (SSSR count). The van der Waals surface area contributed by atoms with Crippen LogP contribution >= 0.6 is 0 Å². The van der Waals surface area contributed by atoms with Crippen LogP contribution in [-0.2, 0) is 4.79 Å². The Kier molecular flexibility index (Phi) is 5.69. The third kappa shape index (κ3) is 4.60. The maximum atomic E-state index is 12.2. The van der Waals surface area contributed by atoms with Gasteiger partial charge in [0.1, 0.15) is 5.75 Å². The first-order valence-electron chi connectivity index (χ1n) is 8.63. The molecule has 2 heterocycles. The van der Waals surface area contributed by atoms with Gasteiger partial charge in [-0.05, 0) is 24.3 Å². The topological polar surface area (TPSA) is 57.7 Å². The van der Waals surface area contributed by atoms with Crippen molar-refractivity contribution in [2.75, 3.05) is 51.3 Å². The zero-order valence-corrected chi connectivity index (χ0v) is 14.9. The van der Waals surface area contributed by atoms with Gasteiger partial charge in [0.15, 0.2) is 0 Å². The maximum absolute atomic E-state index is 12.2. The second-order valence-electron chi connectivity index (χ2n) is 6.30.